The Morgan fingerprint density at radius 1 is 1.02 bits per heavy atom. The number of alkyl halides is 3. The Kier molecular flexibility index (Phi) is 11.1. The highest BCUT2D eigenvalue weighted by molar-refractivity contribution is 8.15. The summed E-state index contributed by atoms with van der Waals surface area (Å²) in [6.07, 6.45) is 0.356. The quantitative estimate of drug-likeness (QED) is 0.216. The third-order valence-electron chi connectivity index (χ3n) is 6.69. The highest BCUT2D eigenvalue weighted by Gasteiger charge is 2.36. The Labute approximate surface area is 248 Å². The van der Waals surface area contributed by atoms with Crippen molar-refractivity contribution < 1.29 is 27.5 Å². The van der Waals surface area contributed by atoms with E-state index >= 15 is 0 Å². The van der Waals surface area contributed by atoms with Crippen molar-refractivity contribution in [2.75, 3.05) is 18.5 Å². The Balaban J connectivity index is 1.47. The van der Waals surface area contributed by atoms with Crippen molar-refractivity contribution in [1.29, 1.82) is 0 Å². The van der Waals surface area contributed by atoms with E-state index in [0.717, 1.165) is 48.7 Å². The van der Waals surface area contributed by atoms with Crippen molar-refractivity contribution in [1.82, 2.24) is 4.90 Å². The molecule has 42 heavy (non-hydrogen) atoms. The van der Waals surface area contributed by atoms with E-state index in [4.69, 9.17) is 4.74 Å². The fourth-order valence-electron chi connectivity index (χ4n) is 4.39. The molecular formula is C32H34F3N3O3S. The lowest BCUT2D eigenvalue weighted by molar-refractivity contribution is -0.137. The smallest absolute Gasteiger partial charge is 0.416 e. The predicted molar refractivity (Wildman–Crippen MR) is 161 cm³/mol. The van der Waals surface area contributed by atoms with Gasteiger partial charge in [0.05, 0.1) is 17.9 Å². The van der Waals surface area contributed by atoms with Crippen LogP contribution < -0.4 is 10.1 Å². The van der Waals surface area contributed by atoms with Crippen molar-refractivity contribution in [2.24, 2.45) is 4.99 Å². The fraction of sp³-hybridized carbons (Fsp3) is 0.344. The van der Waals surface area contributed by atoms with Crippen LogP contribution in [0, 0.1) is 0 Å². The minimum atomic E-state index is -4.53. The summed E-state index contributed by atoms with van der Waals surface area (Å²) in [7, 11) is 0. The highest BCUT2D eigenvalue weighted by Crippen LogP contribution is 2.34. The van der Waals surface area contributed by atoms with Gasteiger partial charge in [-0.15, -0.1) is 0 Å². The zero-order valence-electron chi connectivity index (χ0n) is 23.4. The second-order valence-electron chi connectivity index (χ2n) is 9.96. The highest BCUT2D eigenvalue weighted by atomic mass is 32.2. The van der Waals surface area contributed by atoms with Gasteiger partial charge in [0.1, 0.15) is 11.0 Å². The van der Waals surface area contributed by atoms with Crippen LogP contribution in [-0.4, -0.2) is 40.3 Å². The first-order chi connectivity index (χ1) is 20.2. The number of carbonyl (C=O) groups excluding carboxylic acids is 2. The maximum atomic E-state index is 13.3. The number of benzene rings is 3. The minimum absolute atomic E-state index is 0.0520. The number of carbonyl (C=O) groups is 2. The molecule has 1 fully saturated rings. The number of amides is 2. The molecule has 0 aromatic heterocycles. The number of nitrogens with one attached hydrogen (secondary N) is 1. The Morgan fingerprint density at radius 3 is 2.50 bits per heavy atom. The van der Waals surface area contributed by atoms with Crippen LogP contribution in [0.15, 0.2) is 83.9 Å². The van der Waals surface area contributed by atoms with Crippen LogP contribution in [0.4, 0.5) is 24.5 Å². The first-order valence-electron chi connectivity index (χ1n) is 14.0. The Morgan fingerprint density at radius 2 is 1.79 bits per heavy atom. The second kappa shape index (κ2) is 14.9. The number of thioether (sulfide) groups is 1. The predicted octanol–water partition coefficient (Wildman–Crippen LogP) is 7.87. The first-order valence-corrected chi connectivity index (χ1v) is 14.9. The van der Waals surface area contributed by atoms with Crippen molar-refractivity contribution in [2.45, 2.75) is 56.9 Å². The van der Waals surface area contributed by atoms with E-state index in [2.05, 4.69) is 17.2 Å². The molecule has 1 heterocycles. The molecule has 3 aromatic carbocycles. The third kappa shape index (κ3) is 9.11. The molecule has 0 bridgehead atoms. The van der Waals surface area contributed by atoms with Gasteiger partial charge in [0.2, 0.25) is 11.8 Å². The second-order valence-corrected chi connectivity index (χ2v) is 11.1. The van der Waals surface area contributed by atoms with E-state index < -0.39 is 17.0 Å². The monoisotopic (exact) mass is 597 g/mol. The molecule has 10 heteroatoms. The average molecular weight is 598 g/mol. The standard InChI is InChI=1S/C32H34F3N3O3S/c1-2-3-4-8-20-41-27-16-14-25(15-17-27)36-30(40)28-22-29(39)38(19-18-23-10-6-5-7-11-23)31(42-28)37-26-13-9-12-24(21-26)32(33,34)35/h5-7,9-17,21,28H,2-4,8,18-20,22H2,1H3,(H,36,40). The molecule has 2 amide bonds. The van der Waals surface area contributed by atoms with Crippen LogP contribution in [0.2, 0.25) is 0 Å². The average Bonchev–Trinajstić information content (AvgIpc) is 2.97. The van der Waals surface area contributed by atoms with E-state index in [1.165, 1.54) is 23.5 Å². The zero-order chi connectivity index (χ0) is 30.0. The first kappa shape index (κ1) is 31.2. The molecule has 4 rings (SSSR count). The van der Waals surface area contributed by atoms with Crippen LogP contribution >= 0.6 is 11.8 Å². The zero-order valence-corrected chi connectivity index (χ0v) is 24.2. The third-order valence-corrected chi connectivity index (χ3v) is 7.87. The number of amidine groups is 1. The van der Waals surface area contributed by atoms with Gasteiger partial charge in [-0.25, -0.2) is 4.99 Å². The largest absolute Gasteiger partial charge is 0.494 e. The lowest BCUT2D eigenvalue weighted by Gasteiger charge is -2.32. The number of unbranched alkanes of at least 4 members (excludes halogenated alkanes) is 3. The molecule has 6 nitrogen and oxygen atoms in total. The molecule has 1 saturated heterocycles. The maximum Gasteiger partial charge on any atom is 0.416 e. The fourth-order valence-corrected chi connectivity index (χ4v) is 5.51. The van der Waals surface area contributed by atoms with Gasteiger partial charge < -0.3 is 10.1 Å². The summed E-state index contributed by atoms with van der Waals surface area (Å²) in [5, 5.41) is 2.23. The summed E-state index contributed by atoms with van der Waals surface area (Å²) in [6.45, 7) is 3.06. The summed E-state index contributed by atoms with van der Waals surface area (Å²) >= 11 is 1.07. The van der Waals surface area contributed by atoms with Gasteiger partial charge in [0.25, 0.3) is 0 Å². The minimum Gasteiger partial charge on any atom is -0.494 e. The van der Waals surface area contributed by atoms with Crippen molar-refractivity contribution in [3.8, 4) is 5.75 Å². The van der Waals surface area contributed by atoms with Crippen molar-refractivity contribution >= 4 is 40.1 Å². The van der Waals surface area contributed by atoms with Crippen molar-refractivity contribution in [3.05, 3.63) is 90.0 Å². The SMILES string of the molecule is CCCCCCOc1ccc(NC(=O)C2CC(=O)N(CCc3ccccc3)C(=Nc3cccc(C(F)(F)F)c3)S2)cc1. The molecular weight excluding hydrogens is 563 g/mol. The number of nitrogens with zero attached hydrogens (tertiary/aromatic N) is 2. The Bertz CT molecular complexity index is 1360. The molecule has 222 valence electrons. The van der Waals surface area contributed by atoms with E-state index in [1.54, 1.807) is 24.3 Å². The molecule has 0 radical (unpaired) electrons. The lowest BCUT2D eigenvalue weighted by Crippen LogP contribution is -2.46. The molecule has 1 N–H and O–H groups in total. The molecule has 0 spiro atoms. The number of anilines is 1. The van der Waals surface area contributed by atoms with Crippen molar-refractivity contribution in [3.63, 3.8) is 0 Å². The van der Waals surface area contributed by atoms with Crippen LogP contribution in [0.25, 0.3) is 0 Å². The van der Waals surface area contributed by atoms with E-state index in [0.29, 0.717) is 24.5 Å². The molecule has 1 aliphatic heterocycles. The van der Waals surface area contributed by atoms with Crippen LogP contribution in [-0.2, 0) is 22.2 Å². The normalized spacial score (nSPS) is 16.5. The molecule has 1 atom stereocenters. The van der Waals surface area contributed by atoms with Gasteiger partial charge in [-0.2, -0.15) is 13.2 Å². The van der Waals surface area contributed by atoms with Gasteiger partial charge in [-0.1, -0.05) is 74.3 Å². The number of hydrogen-bond donors (Lipinski definition) is 1. The van der Waals surface area contributed by atoms with Crippen LogP contribution in [0.1, 0.15) is 50.2 Å². The van der Waals surface area contributed by atoms with Gasteiger partial charge in [0.15, 0.2) is 5.17 Å². The number of aliphatic imine (C=N–C) groups is 1. The summed E-state index contributed by atoms with van der Waals surface area (Å²) < 4.78 is 45.7. The van der Waals surface area contributed by atoms with Gasteiger partial charge in [-0.3, -0.25) is 14.5 Å². The molecule has 0 saturated carbocycles. The molecule has 1 aliphatic rings. The number of ether oxygens (including phenoxy) is 1. The summed E-state index contributed by atoms with van der Waals surface area (Å²) in [5.74, 6) is -0.000282. The van der Waals surface area contributed by atoms with Crippen LogP contribution in [0.5, 0.6) is 5.75 Å². The van der Waals surface area contributed by atoms with E-state index in [1.807, 2.05) is 30.3 Å². The summed E-state index contributed by atoms with van der Waals surface area (Å²) in [6, 6.07) is 21.2. The lowest BCUT2D eigenvalue weighted by atomic mass is 10.1. The topological polar surface area (TPSA) is 71.0 Å². The molecule has 1 unspecified atom stereocenters. The number of hydrogen-bond acceptors (Lipinski definition) is 5. The summed E-state index contributed by atoms with van der Waals surface area (Å²) in [5.41, 5.74) is 0.766. The molecule has 0 aliphatic carbocycles. The van der Waals surface area contributed by atoms with E-state index in [9.17, 15) is 22.8 Å². The van der Waals surface area contributed by atoms with Gasteiger partial charge in [-0.05, 0) is 60.9 Å². The van der Waals surface area contributed by atoms with Gasteiger partial charge in [0, 0.05) is 18.7 Å². The maximum absolute atomic E-state index is 13.3. The number of rotatable bonds is 12. The number of halogens is 3. The summed E-state index contributed by atoms with van der Waals surface area (Å²) in [4.78, 5) is 32.4. The molecule has 3 aromatic rings. The Hall–Kier alpha value is -3.79. The van der Waals surface area contributed by atoms with E-state index in [-0.39, 0.29) is 35.6 Å². The van der Waals surface area contributed by atoms with Gasteiger partial charge >= 0.3 is 6.18 Å². The van der Waals surface area contributed by atoms with Crippen LogP contribution in [0.3, 0.4) is 0 Å².